The van der Waals surface area contributed by atoms with Gasteiger partial charge >= 0.3 is 0 Å². The first-order valence-corrected chi connectivity index (χ1v) is 13.4. The van der Waals surface area contributed by atoms with Crippen molar-refractivity contribution in [2.24, 2.45) is 0 Å². The number of nitrogens with zero attached hydrogens (tertiary/aromatic N) is 3. The summed E-state index contributed by atoms with van der Waals surface area (Å²) in [4.78, 5) is 19.9. The minimum atomic E-state index is -3.21. The number of likely N-dealkylation sites (tertiary alicyclic amines) is 2. The first kappa shape index (κ1) is 22.8. The van der Waals surface area contributed by atoms with Gasteiger partial charge in [-0.15, -0.1) is 0 Å². The lowest BCUT2D eigenvalue weighted by atomic mass is 10.1. The molecule has 2 fully saturated rings. The molecule has 2 saturated heterocycles. The summed E-state index contributed by atoms with van der Waals surface area (Å²) in [5.74, 6) is 0.189. The van der Waals surface area contributed by atoms with Crippen LogP contribution < -0.4 is 4.90 Å². The van der Waals surface area contributed by atoms with Crippen LogP contribution in [-0.4, -0.2) is 62.1 Å². The smallest absolute Gasteiger partial charge is 0.224 e. The summed E-state index contributed by atoms with van der Waals surface area (Å²) < 4.78 is 23.4. The monoisotopic (exact) mass is 455 g/mol. The van der Waals surface area contributed by atoms with Gasteiger partial charge in [0, 0.05) is 63.2 Å². The fourth-order valence-corrected chi connectivity index (χ4v) is 5.72. The molecule has 32 heavy (non-hydrogen) atoms. The molecule has 0 N–H and O–H groups in total. The standard InChI is InChI=1S/C25H33N3O3S/c1-4-26(5-2)21-10-6-19(7-11-21)17-27-15-14-23-24(27)16-25(29)28(23)18-20-8-12-22(13-9-20)32(3,30)31/h6-13,23-24H,4-5,14-18H2,1-3H3/t23-,24-/m0/s1. The number of rotatable bonds is 8. The van der Waals surface area contributed by atoms with Crippen LogP contribution in [0.5, 0.6) is 0 Å². The zero-order valence-electron chi connectivity index (χ0n) is 19.2. The number of hydrogen-bond acceptors (Lipinski definition) is 5. The molecule has 0 bridgehead atoms. The second-order valence-corrected chi connectivity index (χ2v) is 10.9. The first-order valence-electron chi connectivity index (χ1n) is 11.5. The van der Waals surface area contributed by atoms with Crippen molar-refractivity contribution in [1.29, 1.82) is 0 Å². The largest absolute Gasteiger partial charge is 0.372 e. The predicted molar refractivity (Wildman–Crippen MR) is 127 cm³/mol. The van der Waals surface area contributed by atoms with Crippen LogP contribution in [0.25, 0.3) is 0 Å². The summed E-state index contributed by atoms with van der Waals surface area (Å²) in [5, 5.41) is 0. The van der Waals surface area contributed by atoms with Crippen LogP contribution in [-0.2, 0) is 27.7 Å². The van der Waals surface area contributed by atoms with E-state index in [0.717, 1.165) is 38.2 Å². The van der Waals surface area contributed by atoms with Crippen molar-refractivity contribution >= 4 is 21.4 Å². The molecular weight excluding hydrogens is 422 g/mol. The molecule has 0 unspecified atom stereocenters. The Morgan fingerprint density at radius 2 is 1.50 bits per heavy atom. The van der Waals surface area contributed by atoms with Crippen molar-refractivity contribution in [3.05, 3.63) is 59.7 Å². The van der Waals surface area contributed by atoms with Crippen LogP contribution in [0.2, 0.25) is 0 Å². The molecule has 2 atom stereocenters. The van der Waals surface area contributed by atoms with E-state index in [1.54, 1.807) is 12.1 Å². The molecule has 172 valence electrons. The van der Waals surface area contributed by atoms with Gasteiger partial charge in [0.05, 0.1) is 4.90 Å². The third kappa shape index (κ3) is 4.69. The Hall–Kier alpha value is -2.38. The molecule has 0 aliphatic carbocycles. The highest BCUT2D eigenvalue weighted by Gasteiger charge is 2.46. The average molecular weight is 456 g/mol. The molecule has 4 rings (SSSR count). The number of hydrogen-bond donors (Lipinski definition) is 0. The molecule has 1 amide bonds. The summed E-state index contributed by atoms with van der Waals surface area (Å²) in [5.41, 5.74) is 3.50. The van der Waals surface area contributed by atoms with E-state index in [0.29, 0.717) is 17.9 Å². The molecule has 0 aromatic heterocycles. The minimum absolute atomic E-state index is 0.189. The van der Waals surface area contributed by atoms with E-state index < -0.39 is 9.84 Å². The third-order valence-electron chi connectivity index (χ3n) is 6.88. The van der Waals surface area contributed by atoms with Crippen molar-refractivity contribution < 1.29 is 13.2 Å². The van der Waals surface area contributed by atoms with Gasteiger partial charge in [0.15, 0.2) is 9.84 Å². The Kier molecular flexibility index (Phi) is 6.58. The molecule has 0 radical (unpaired) electrons. The maximum Gasteiger partial charge on any atom is 0.224 e. The van der Waals surface area contributed by atoms with Crippen molar-refractivity contribution in [2.75, 3.05) is 30.8 Å². The summed E-state index contributed by atoms with van der Waals surface area (Å²) in [7, 11) is -3.21. The normalized spacial score (nSPS) is 21.2. The summed E-state index contributed by atoms with van der Waals surface area (Å²) in [6.07, 6.45) is 2.75. The van der Waals surface area contributed by atoms with Crippen LogP contribution in [0.4, 0.5) is 5.69 Å². The Labute approximate surface area is 191 Å². The molecule has 2 aliphatic rings. The zero-order chi connectivity index (χ0) is 22.9. The molecule has 2 aliphatic heterocycles. The lowest BCUT2D eigenvalue weighted by molar-refractivity contribution is -0.129. The molecule has 7 heteroatoms. The lowest BCUT2D eigenvalue weighted by Crippen LogP contribution is -2.36. The SMILES string of the molecule is CCN(CC)c1ccc(CN2CC[C@H]3[C@@H]2CC(=O)N3Cc2ccc(S(C)(=O)=O)cc2)cc1. The van der Waals surface area contributed by atoms with Crippen molar-refractivity contribution in [3.63, 3.8) is 0 Å². The van der Waals surface area contributed by atoms with Gasteiger partial charge in [-0.05, 0) is 55.7 Å². The highest BCUT2D eigenvalue weighted by Crippen LogP contribution is 2.34. The van der Waals surface area contributed by atoms with Gasteiger partial charge in [-0.2, -0.15) is 0 Å². The van der Waals surface area contributed by atoms with Crippen LogP contribution in [0.15, 0.2) is 53.4 Å². The van der Waals surface area contributed by atoms with Gasteiger partial charge in [0.2, 0.25) is 5.91 Å². The fraction of sp³-hybridized carbons (Fsp3) is 0.480. The van der Waals surface area contributed by atoms with Gasteiger partial charge in [-0.25, -0.2) is 8.42 Å². The minimum Gasteiger partial charge on any atom is -0.372 e. The van der Waals surface area contributed by atoms with Gasteiger partial charge in [-0.1, -0.05) is 24.3 Å². The number of anilines is 1. The van der Waals surface area contributed by atoms with Crippen molar-refractivity contribution in [1.82, 2.24) is 9.80 Å². The Bertz CT molecular complexity index is 1050. The summed E-state index contributed by atoms with van der Waals surface area (Å²) >= 11 is 0. The summed E-state index contributed by atoms with van der Waals surface area (Å²) in [6, 6.07) is 16.2. The number of sulfone groups is 1. The van der Waals surface area contributed by atoms with E-state index in [2.05, 4.69) is 47.9 Å². The number of amides is 1. The van der Waals surface area contributed by atoms with E-state index in [9.17, 15) is 13.2 Å². The second kappa shape index (κ2) is 9.24. The maximum absolute atomic E-state index is 12.8. The second-order valence-electron chi connectivity index (χ2n) is 8.87. The number of fused-ring (bicyclic) bond motifs is 1. The fourth-order valence-electron chi connectivity index (χ4n) is 5.09. The Morgan fingerprint density at radius 3 is 2.09 bits per heavy atom. The van der Waals surface area contributed by atoms with Crippen LogP contribution >= 0.6 is 0 Å². The third-order valence-corrected chi connectivity index (χ3v) is 8.01. The van der Waals surface area contributed by atoms with E-state index in [1.165, 1.54) is 17.5 Å². The molecule has 2 heterocycles. The van der Waals surface area contributed by atoms with Gasteiger partial charge in [-0.3, -0.25) is 9.69 Å². The number of carbonyl (C=O) groups is 1. The summed E-state index contributed by atoms with van der Waals surface area (Å²) in [6.45, 7) is 8.74. The zero-order valence-corrected chi connectivity index (χ0v) is 20.0. The van der Waals surface area contributed by atoms with Crippen molar-refractivity contribution in [2.45, 2.75) is 56.8 Å². The van der Waals surface area contributed by atoms with E-state index in [4.69, 9.17) is 0 Å². The van der Waals surface area contributed by atoms with E-state index in [-0.39, 0.29) is 18.0 Å². The van der Waals surface area contributed by atoms with Crippen LogP contribution in [0, 0.1) is 0 Å². The molecular formula is C25H33N3O3S. The van der Waals surface area contributed by atoms with Gasteiger partial charge < -0.3 is 9.80 Å². The molecule has 0 saturated carbocycles. The number of benzene rings is 2. The predicted octanol–water partition coefficient (Wildman–Crippen LogP) is 3.31. The Balaban J connectivity index is 1.40. The molecule has 2 aromatic rings. The highest BCUT2D eigenvalue weighted by atomic mass is 32.2. The quantitative estimate of drug-likeness (QED) is 0.611. The number of carbonyl (C=O) groups excluding carboxylic acids is 1. The van der Waals surface area contributed by atoms with E-state index >= 15 is 0 Å². The average Bonchev–Trinajstić information content (AvgIpc) is 3.29. The maximum atomic E-state index is 12.8. The first-order chi connectivity index (χ1) is 15.3. The lowest BCUT2D eigenvalue weighted by Gasteiger charge is -2.26. The van der Waals surface area contributed by atoms with Gasteiger partial charge in [0.1, 0.15) is 0 Å². The van der Waals surface area contributed by atoms with Gasteiger partial charge in [0.25, 0.3) is 0 Å². The topological polar surface area (TPSA) is 60.9 Å². The van der Waals surface area contributed by atoms with Crippen LogP contribution in [0.1, 0.15) is 37.8 Å². The van der Waals surface area contributed by atoms with Crippen LogP contribution in [0.3, 0.4) is 0 Å². The molecule has 6 nitrogen and oxygen atoms in total. The van der Waals surface area contributed by atoms with Crippen molar-refractivity contribution in [3.8, 4) is 0 Å². The van der Waals surface area contributed by atoms with E-state index in [1.807, 2.05) is 17.0 Å². The highest BCUT2D eigenvalue weighted by molar-refractivity contribution is 7.90. The molecule has 2 aromatic carbocycles. The Morgan fingerprint density at radius 1 is 0.906 bits per heavy atom. The molecule has 0 spiro atoms.